The van der Waals surface area contributed by atoms with E-state index in [1.165, 1.54) is 32.7 Å². The molecule has 24 heavy (non-hydrogen) atoms. The lowest BCUT2D eigenvalue weighted by Crippen LogP contribution is -2.49. The summed E-state index contributed by atoms with van der Waals surface area (Å²) in [4.78, 5) is 9.62. The highest BCUT2D eigenvalue weighted by molar-refractivity contribution is 5.79. The molecule has 1 heterocycles. The molecule has 0 unspecified atom stereocenters. The number of piperazine rings is 1. The molecule has 0 bridgehead atoms. The maximum atomic E-state index is 5.45. The predicted octanol–water partition coefficient (Wildman–Crippen LogP) is 0.232. The van der Waals surface area contributed by atoms with Crippen molar-refractivity contribution in [2.24, 2.45) is 4.99 Å². The van der Waals surface area contributed by atoms with Gasteiger partial charge >= 0.3 is 0 Å². The Hall–Kier alpha value is -0.890. The van der Waals surface area contributed by atoms with Gasteiger partial charge in [0.25, 0.3) is 0 Å². The van der Waals surface area contributed by atoms with Gasteiger partial charge in [0, 0.05) is 66.1 Å². The topological polar surface area (TPSA) is 61.4 Å². The number of likely N-dealkylation sites (N-methyl/N-ethyl adjacent to an activating group) is 1. The average Bonchev–Trinajstić information content (AvgIpc) is 2.61. The van der Waals surface area contributed by atoms with Crippen LogP contribution in [0.15, 0.2) is 4.99 Å². The Balaban J connectivity index is 2.12. The molecule has 0 amide bonds. The van der Waals surface area contributed by atoms with Crippen molar-refractivity contribution in [2.45, 2.75) is 20.3 Å². The second-order valence-corrected chi connectivity index (χ2v) is 5.92. The highest BCUT2D eigenvalue weighted by Gasteiger charge is 2.14. The van der Waals surface area contributed by atoms with Crippen LogP contribution in [0.1, 0.15) is 20.3 Å². The number of aliphatic imine (C=N–C) groups is 1. The second kappa shape index (κ2) is 14.5. The summed E-state index contributed by atoms with van der Waals surface area (Å²) in [6, 6.07) is 0. The number of guanidine groups is 1. The summed E-state index contributed by atoms with van der Waals surface area (Å²) in [5, 5.41) is 6.73. The van der Waals surface area contributed by atoms with Crippen LogP contribution in [-0.2, 0) is 9.47 Å². The van der Waals surface area contributed by atoms with Gasteiger partial charge in [-0.2, -0.15) is 0 Å². The number of hydrogen-bond donors (Lipinski definition) is 2. The van der Waals surface area contributed by atoms with E-state index in [1.807, 2.05) is 0 Å². The van der Waals surface area contributed by atoms with E-state index >= 15 is 0 Å². The van der Waals surface area contributed by atoms with Crippen LogP contribution in [0.2, 0.25) is 0 Å². The van der Waals surface area contributed by atoms with Crippen molar-refractivity contribution in [3.8, 4) is 0 Å². The fourth-order valence-electron chi connectivity index (χ4n) is 2.61. The van der Waals surface area contributed by atoms with Gasteiger partial charge in [-0.05, 0) is 19.9 Å². The van der Waals surface area contributed by atoms with Gasteiger partial charge in [-0.15, -0.1) is 0 Å². The molecule has 1 saturated heterocycles. The van der Waals surface area contributed by atoms with Gasteiger partial charge in [-0.25, -0.2) is 0 Å². The van der Waals surface area contributed by atoms with E-state index < -0.39 is 0 Å². The maximum Gasteiger partial charge on any atom is 0.191 e. The van der Waals surface area contributed by atoms with Crippen molar-refractivity contribution in [1.29, 1.82) is 0 Å². The van der Waals surface area contributed by atoms with Crippen molar-refractivity contribution in [3.05, 3.63) is 0 Å². The lowest BCUT2D eigenvalue weighted by molar-refractivity contribution is 0.0702. The van der Waals surface area contributed by atoms with Crippen molar-refractivity contribution >= 4 is 5.96 Å². The zero-order valence-corrected chi connectivity index (χ0v) is 15.9. The van der Waals surface area contributed by atoms with E-state index in [0.717, 1.165) is 45.2 Å². The minimum atomic E-state index is 0.653. The molecule has 0 atom stereocenters. The summed E-state index contributed by atoms with van der Waals surface area (Å²) in [5.41, 5.74) is 0. The molecule has 7 heteroatoms. The van der Waals surface area contributed by atoms with Crippen molar-refractivity contribution < 1.29 is 9.47 Å². The quantitative estimate of drug-likeness (QED) is 0.301. The van der Waals surface area contributed by atoms with E-state index in [1.54, 1.807) is 7.11 Å². The molecule has 1 fully saturated rings. The lowest BCUT2D eigenvalue weighted by atomic mass is 10.3. The van der Waals surface area contributed by atoms with Gasteiger partial charge in [-0.3, -0.25) is 9.89 Å². The first kappa shape index (κ1) is 21.2. The smallest absolute Gasteiger partial charge is 0.191 e. The maximum absolute atomic E-state index is 5.45. The zero-order chi connectivity index (χ0) is 17.5. The molecule has 0 aromatic carbocycles. The highest BCUT2D eigenvalue weighted by atomic mass is 16.5. The van der Waals surface area contributed by atoms with Crippen LogP contribution in [0.5, 0.6) is 0 Å². The Bertz CT molecular complexity index is 320. The predicted molar refractivity (Wildman–Crippen MR) is 99.8 cm³/mol. The summed E-state index contributed by atoms with van der Waals surface area (Å²) in [7, 11) is 1.69. The first-order valence-corrected chi connectivity index (χ1v) is 9.33. The molecule has 2 N–H and O–H groups in total. The van der Waals surface area contributed by atoms with Crippen LogP contribution in [0.3, 0.4) is 0 Å². The molecule has 0 radical (unpaired) electrons. The fraction of sp³-hybridized carbons (Fsp3) is 0.941. The van der Waals surface area contributed by atoms with Gasteiger partial charge in [0.1, 0.15) is 0 Å². The molecule has 7 nitrogen and oxygen atoms in total. The SMILES string of the molecule is CCNC(=NCCCOCCOC)NCCN1CCN(CC)CC1. The lowest BCUT2D eigenvalue weighted by Gasteiger charge is -2.34. The minimum absolute atomic E-state index is 0.653. The molecule has 0 aromatic heterocycles. The molecule has 0 aromatic rings. The van der Waals surface area contributed by atoms with Crippen molar-refractivity contribution in [1.82, 2.24) is 20.4 Å². The molecular formula is C17H37N5O2. The van der Waals surface area contributed by atoms with E-state index in [4.69, 9.17) is 9.47 Å². The largest absolute Gasteiger partial charge is 0.382 e. The summed E-state index contributed by atoms with van der Waals surface area (Å²) in [5.74, 6) is 0.904. The Morgan fingerprint density at radius 3 is 2.42 bits per heavy atom. The van der Waals surface area contributed by atoms with Crippen LogP contribution in [-0.4, -0.2) is 102 Å². The first-order valence-electron chi connectivity index (χ1n) is 9.33. The third kappa shape index (κ3) is 10.1. The van der Waals surface area contributed by atoms with Crippen molar-refractivity contribution in [3.63, 3.8) is 0 Å². The summed E-state index contributed by atoms with van der Waals surface area (Å²) in [6.45, 7) is 15.9. The number of methoxy groups -OCH3 is 1. The molecule has 1 aliphatic heterocycles. The Morgan fingerprint density at radius 1 is 1.00 bits per heavy atom. The first-order chi connectivity index (χ1) is 11.8. The van der Waals surface area contributed by atoms with Gasteiger partial charge in [0.2, 0.25) is 0 Å². The molecule has 1 aliphatic rings. The number of ether oxygens (including phenoxy) is 2. The monoisotopic (exact) mass is 343 g/mol. The van der Waals surface area contributed by atoms with Crippen LogP contribution >= 0.6 is 0 Å². The van der Waals surface area contributed by atoms with E-state index in [-0.39, 0.29) is 0 Å². The molecule has 1 rings (SSSR count). The van der Waals surface area contributed by atoms with E-state index in [9.17, 15) is 0 Å². The van der Waals surface area contributed by atoms with Gasteiger partial charge < -0.3 is 25.0 Å². The summed E-state index contributed by atoms with van der Waals surface area (Å²) < 4.78 is 10.4. The highest BCUT2D eigenvalue weighted by Crippen LogP contribution is 1.99. The van der Waals surface area contributed by atoms with Gasteiger partial charge in [0.05, 0.1) is 13.2 Å². The number of hydrogen-bond acceptors (Lipinski definition) is 5. The molecule has 0 saturated carbocycles. The molecular weight excluding hydrogens is 306 g/mol. The Morgan fingerprint density at radius 2 is 1.75 bits per heavy atom. The molecule has 0 spiro atoms. The standard InChI is InChI=1S/C17H37N5O2/c1-4-18-17(19-7-6-14-24-16-15-23-3)20-8-9-22-12-10-21(5-2)11-13-22/h4-16H2,1-3H3,(H2,18,19,20). The summed E-state index contributed by atoms with van der Waals surface area (Å²) in [6.07, 6.45) is 0.930. The van der Waals surface area contributed by atoms with E-state index in [0.29, 0.717) is 13.2 Å². The van der Waals surface area contributed by atoms with E-state index in [2.05, 4.69) is 39.3 Å². The third-order valence-electron chi connectivity index (χ3n) is 4.13. The Labute approximate surface area is 147 Å². The van der Waals surface area contributed by atoms with Crippen LogP contribution in [0, 0.1) is 0 Å². The van der Waals surface area contributed by atoms with Gasteiger partial charge in [0.15, 0.2) is 5.96 Å². The number of nitrogens with zero attached hydrogens (tertiary/aromatic N) is 3. The second-order valence-electron chi connectivity index (χ2n) is 5.92. The van der Waals surface area contributed by atoms with Gasteiger partial charge in [-0.1, -0.05) is 6.92 Å². The van der Waals surface area contributed by atoms with Crippen LogP contribution in [0.4, 0.5) is 0 Å². The minimum Gasteiger partial charge on any atom is -0.382 e. The summed E-state index contributed by atoms with van der Waals surface area (Å²) >= 11 is 0. The van der Waals surface area contributed by atoms with Crippen molar-refractivity contribution in [2.75, 3.05) is 85.8 Å². The number of nitrogens with one attached hydrogen (secondary N) is 2. The molecule has 142 valence electrons. The van der Waals surface area contributed by atoms with Crippen LogP contribution in [0.25, 0.3) is 0 Å². The average molecular weight is 344 g/mol. The zero-order valence-electron chi connectivity index (χ0n) is 15.9. The van der Waals surface area contributed by atoms with Crippen LogP contribution < -0.4 is 10.6 Å². The fourth-order valence-corrected chi connectivity index (χ4v) is 2.61. The third-order valence-corrected chi connectivity index (χ3v) is 4.13. The number of rotatable bonds is 12. The Kier molecular flexibility index (Phi) is 12.7. The normalized spacial score (nSPS) is 17.2. The molecule has 0 aliphatic carbocycles.